The molecule has 0 bridgehead atoms. The molecule has 0 saturated carbocycles. The molecule has 0 fully saturated rings. The van der Waals surface area contributed by atoms with Crippen molar-refractivity contribution in [3.63, 3.8) is 0 Å². The molecule has 0 aromatic carbocycles. The minimum atomic E-state index is -0.288. The van der Waals surface area contributed by atoms with Crippen LogP contribution in [0.15, 0.2) is 12.7 Å². The Hall–Kier alpha value is -1.32. The summed E-state index contributed by atoms with van der Waals surface area (Å²) in [4.78, 5) is 23.5. The molecule has 0 atom stereocenters. The lowest BCUT2D eigenvalue weighted by molar-refractivity contribution is -0.147. The van der Waals surface area contributed by atoms with Gasteiger partial charge in [0.1, 0.15) is 0 Å². The van der Waals surface area contributed by atoms with E-state index in [2.05, 4.69) is 6.58 Å². The van der Waals surface area contributed by atoms with Crippen LogP contribution < -0.4 is 0 Å². The van der Waals surface area contributed by atoms with Crippen LogP contribution in [0.5, 0.6) is 0 Å². The minimum Gasteiger partial charge on any atom is -0.463 e. The Kier molecular flexibility index (Phi) is 5.60. The molecule has 0 aliphatic rings. The van der Waals surface area contributed by atoms with Crippen molar-refractivity contribution in [2.24, 2.45) is 0 Å². The number of hydrogen-bond donors (Lipinski definition) is 0. The Labute approximate surface area is 84.5 Å². The average Bonchev–Trinajstić information content (AvgIpc) is 2.11. The Balaban J connectivity index is 3.77. The Morgan fingerprint density at radius 1 is 1.50 bits per heavy atom. The zero-order valence-electron chi connectivity index (χ0n) is 8.95. The van der Waals surface area contributed by atoms with Gasteiger partial charge in [-0.25, -0.2) is 0 Å². The van der Waals surface area contributed by atoms with Gasteiger partial charge in [-0.05, 0) is 19.9 Å². The van der Waals surface area contributed by atoms with Crippen LogP contribution in [-0.4, -0.2) is 36.5 Å². The number of hydrogen-bond acceptors (Lipinski definition) is 3. The molecule has 1 amide bonds. The molecule has 0 saturated heterocycles. The van der Waals surface area contributed by atoms with Crippen LogP contribution >= 0.6 is 0 Å². The number of esters is 1. The van der Waals surface area contributed by atoms with Gasteiger partial charge < -0.3 is 9.64 Å². The van der Waals surface area contributed by atoms with Crippen molar-refractivity contribution in [2.45, 2.75) is 26.4 Å². The van der Waals surface area contributed by atoms with E-state index >= 15 is 0 Å². The third kappa shape index (κ3) is 5.35. The van der Waals surface area contributed by atoms with E-state index in [9.17, 15) is 9.59 Å². The van der Waals surface area contributed by atoms with Gasteiger partial charge >= 0.3 is 5.97 Å². The molecule has 0 aromatic rings. The minimum absolute atomic E-state index is 0.108. The van der Waals surface area contributed by atoms with Crippen molar-refractivity contribution in [2.75, 3.05) is 13.6 Å². The smallest absolute Gasteiger partial charge is 0.307 e. The molecule has 0 N–H and O–H groups in total. The van der Waals surface area contributed by atoms with Crippen LogP contribution in [0.3, 0.4) is 0 Å². The van der Waals surface area contributed by atoms with E-state index in [4.69, 9.17) is 4.74 Å². The summed E-state index contributed by atoms with van der Waals surface area (Å²) in [6.07, 6.45) is 1.32. The van der Waals surface area contributed by atoms with Crippen molar-refractivity contribution < 1.29 is 14.3 Å². The van der Waals surface area contributed by atoms with Gasteiger partial charge in [-0.3, -0.25) is 9.59 Å². The van der Waals surface area contributed by atoms with E-state index in [1.807, 2.05) is 0 Å². The molecule has 0 radical (unpaired) electrons. The quantitative estimate of drug-likeness (QED) is 0.489. The van der Waals surface area contributed by atoms with Crippen LogP contribution in [0.2, 0.25) is 0 Å². The molecule has 0 aromatic heterocycles. The molecule has 0 heterocycles. The van der Waals surface area contributed by atoms with Crippen molar-refractivity contribution in [3.05, 3.63) is 12.7 Å². The summed E-state index contributed by atoms with van der Waals surface area (Å²) in [5, 5.41) is 0. The summed E-state index contributed by atoms with van der Waals surface area (Å²) < 4.78 is 4.91. The topological polar surface area (TPSA) is 46.6 Å². The second-order valence-corrected chi connectivity index (χ2v) is 3.25. The number of rotatable bonds is 5. The molecular weight excluding hydrogens is 182 g/mol. The van der Waals surface area contributed by atoms with Crippen LogP contribution in [-0.2, 0) is 14.3 Å². The Morgan fingerprint density at radius 2 is 2.07 bits per heavy atom. The highest BCUT2D eigenvalue weighted by Gasteiger charge is 2.09. The second-order valence-electron chi connectivity index (χ2n) is 3.25. The third-order valence-electron chi connectivity index (χ3n) is 1.57. The number of carbonyl (C=O) groups is 2. The number of likely N-dealkylation sites (N-methyl/N-ethyl adjacent to an activating group) is 1. The van der Waals surface area contributed by atoms with Crippen molar-refractivity contribution >= 4 is 11.9 Å². The molecule has 4 nitrogen and oxygen atoms in total. The third-order valence-corrected chi connectivity index (χ3v) is 1.57. The zero-order chi connectivity index (χ0) is 11.1. The van der Waals surface area contributed by atoms with Crippen LogP contribution in [0, 0.1) is 0 Å². The number of carbonyl (C=O) groups excluding carboxylic acids is 2. The molecule has 14 heavy (non-hydrogen) atoms. The lowest BCUT2D eigenvalue weighted by atomic mass is 10.3. The normalized spacial score (nSPS) is 9.71. The molecule has 4 heteroatoms. The molecule has 0 spiro atoms. The van der Waals surface area contributed by atoms with E-state index in [1.165, 1.54) is 11.0 Å². The predicted octanol–water partition coefficient (Wildman–Crippen LogP) is 0.972. The SMILES string of the molecule is C=CC(=O)N(C)CCC(=O)OC(C)C. The first-order chi connectivity index (χ1) is 6.47. The van der Waals surface area contributed by atoms with Gasteiger partial charge in [-0.2, -0.15) is 0 Å². The highest BCUT2D eigenvalue weighted by Crippen LogP contribution is 1.95. The predicted molar refractivity (Wildman–Crippen MR) is 53.7 cm³/mol. The zero-order valence-corrected chi connectivity index (χ0v) is 8.95. The first kappa shape index (κ1) is 12.7. The van der Waals surface area contributed by atoms with Crippen LogP contribution in [0.4, 0.5) is 0 Å². The Bertz CT molecular complexity index is 223. The van der Waals surface area contributed by atoms with Gasteiger partial charge in [-0.1, -0.05) is 6.58 Å². The molecule has 0 rings (SSSR count). The fraction of sp³-hybridized carbons (Fsp3) is 0.600. The second kappa shape index (κ2) is 6.18. The summed E-state index contributed by atoms with van der Waals surface area (Å²) in [5.74, 6) is -0.481. The van der Waals surface area contributed by atoms with Gasteiger partial charge in [0.25, 0.3) is 0 Å². The van der Waals surface area contributed by atoms with Gasteiger partial charge in [-0.15, -0.1) is 0 Å². The maximum atomic E-state index is 11.1. The molecular formula is C10H17NO3. The standard InChI is InChI=1S/C10H17NO3/c1-5-9(12)11(4)7-6-10(13)14-8(2)3/h5,8H,1,6-7H2,2-4H3. The largest absolute Gasteiger partial charge is 0.463 e. The number of nitrogens with zero attached hydrogens (tertiary/aromatic N) is 1. The van der Waals surface area contributed by atoms with Gasteiger partial charge in [0.15, 0.2) is 0 Å². The monoisotopic (exact) mass is 199 g/mol. The highest BCUT2D eigenvalue weighted by molar-refractivity contribution is 5.87. The van der Waals surface area contributed by atoms with Crippen LogP contribution in [0.25, 0.3) is 0 Å². The number of amides is 1. The van der Waals surface area contributed by atoms with Gasteiger partial charge in [0.05, 0.1) is 12.5 Å². The van der Waals surface area contributed by atoms with E-state index < -0.39 is 0 Å². The fourth-order valence-corrected chi connectivity index (χ4v) is 0.847. The average molecular weight is 199 g/mol. The summed E-state index contributed by atoms with van der Waals surface area (Å²) in [5.41, 5.74) is 0. The molecule has 0 aliphatic heterocycles. The summed E-state index contributed by atoms with van der Waals surface area (Å²) >= 11 is 0. The maximum absolute atomic E-state index is 11.1. The van der Waals surface area contributed by atoms with Crippen LogP contribution in [0.1, 0.15) is 20.3 Å². The van der Waals surface area contributed by atoms with Crippen molar-refractivity contribution in [1.82, 2.24) is 4.90 Å². The van der Waals surface area contributed by atoms with Crippen molar-refractivity contribution in [1.29, 1.82) is 0 Å². The maximum Gasteiger partial charge on any atom is 0.307 e. The molecule has 0 unspecified atom stereocenters. The van der Waals surface area contributed by atoms with E-state index in [0.717, 1.165) is 0 Å². The molecule has 80 valence electrons. The summed E-state index contributed by atoms with van der Waals surface area (Å²) in [6, 6.07) is 0. The van der Waals surface area contributed by atoms with Crippen molar-refractivity contribution in [3.8, 4) is 0 Å². The summed E-state index contributed by atoms with van der Waals surface area (Å²) in [7, 11) is 1.62. The van der Waals surface area contributed by atoms with E-state index in [-0.39, 0.29) is 24.4 Å². The Morgan fingerprint density at radius 3 is 2.50 bits per heavy atom. The fourth-order valence-electron chi connectivity index (χ4n) is 0.847. The van der Waals surface area contributed by atoms with E-state index in [0.29, 0.717) is 6.54 Å². The van der Waals surface area contributed by atoms with Gasteiger partial charge in [0.2, 0.25) is 5.91 Å². The van der Waals surface area contributed by atoms with Gasteiger partial charge in [0, 0.05) is 13.6 Å². The first-order valence-electron chi connectivity index (χ1n) is 4.54. The number of ether oxygens (including phenoxy) is 1. The van der Waals surface area contributed by atoms with E-state index in [1.54, 1.807) is 20.9 Å². The first-order valence-corrected chi connectivity index (χ1v) is 4.54. The lowest BCUT2D eigenvalue weighted by Gasteiger charge is -2.14. The highest BCUT2D eigenvalue weighted by atomic mass is 16.5. The summed E-state index contributed by atoms with van der Waals surface area (Å²) in [6.45, 7) is 7.28. The molecule has 0 aliphatic carbocycles. The lowest BCUT2D eigenvalue weighted by Crippen LogP contribution is -2.28.